The number of anilines is 2. The van der Waals surface area contributed by atoms with E-state index >= 15 is 0 Å². The average molecular weight is 468 g/mol. The zero-order valence-electron chi connectivity index (χ0n) is 18.0. The highest BCUT2D eigenvalue weighted by atomic mass is 32.2. The van der Waals surface area contributed by atoms with Crippen LogP contribution in [0.15, 0.2) is 58.8 Å². The van der Waals surface area contributed by atoms with Gasteiger partial charge in [0.2, 0.25) is 11.8 Å². The molecule has 2 N–H and O–H groups in total. The van der Waals surface area contributed by atoms with Gasteiger partial charge in [0.25, 0.3) is 0 Å². The van der Waals surface area contributed by atoms with Crippen LogP contribution in [0.25, 0.3) is 11.3 Å². The molecule has 1 aromatic heterocycles. The molecule has 0 spiro atoms. The fraction of sp³-hybridized carbons (Fsp3) is 0.292. The molecule has 6 nitrogen and oxygen atoms in total. The summed E-state index contributed by atoms with van der Waals surface area (Å²) in [6.07, 6.45) is 1.93. The SMILES string of the molecule is CCOc1ccc(-c2csc(NC(=O)C(C)Sc3cccc(NC(=O)C4CC4)c3)n2)cc1. The molecule has 0 aliphatic heterocycles. The minimum atomic E-state index is -0.317. The first-order valence-electron chi connectivity index (χ1n) is 10.6. The summed E-state index contributed by atoms with van der Waals surface area (Å²) < 4.78 is 5.47. The molecule has 4 rings (SSSR count). The molecule has 3 aromatic rings. The minimum Gasteiger partial charge on any atom is -0.494 e. The maximum atomic E-state index is 12.7. The molecular weight excluding hydrogens is 442 g/mol. The van der Waals surface area contributed by atoms with Crippen LogP contribution in [0.2, 0.25) is 0 Å². The number of aromatic nitrogens is 1. The summed E-state index contributed by atoms with van der Waals surface area (Å²) in [6, 6.07) is 15.3. The van der Waals surface area contributed by atoms with Crippen LogP contribution in [0.3, 0.4) is 0 Å². The van der Waals surface area contributed by atoms with Crippen LogP contribution in [0, 0.1) is 5.92 Å². The number of carbonyl (C=O) groups is 2. The third-order valence-corrected chi connectivity index (χ3v) is 6.78. The Kier molecular flexibility index (Phi) is 7.12. The lowest BCUT2D eigenvalue weighted by Crippen LogP contribution is -2.22. The largest absolute Gasteiger partial charge is 0.494 e. The lowest BCUT2D eigenvalue weighted by atomic mass is 10.2. The first-order chi connectivity index (χ1) is 15.5. The predicted molar refractivity (Wildman–Crippen MR) is 130 cm³/mol. The molecule has 0 radical (unpaired) electrons. The van der Waals surface area contributed by atoms with Crippen LogP contribution in [-0.2, 0) is 9.59 Å². The van der Waals surface area contributed by atoms with E-state index in [4.69, 9.17) is 4.74 Å². The number of nitrogens with zero attached hydrogens (tertiary/aromatic N) is 1. The summed E-state index contributed by atoms with van der Waals surface area (Å²) in [5, 5.41) is 8.03. The van der Waals surface area contributed by atoms with Gasteiger partial charge in [-0.2, -0.15) is 0 Å². The van der Waals surface area contributed by atoms with Gasteiger partial charge in [-0.1, -0.05) is 6.07 Å². The standard InChI is InChI=1S/C24H25N3O3S2/c1-3-30-19-11-9-16(10-12-19)21-14-31-24(26-21)27-22(28)15(2)32-20-6-4-5-18(13-20)25-23(29)17-7-8-17/h4-6,9-15,17H,3,7-8H2,1-2H3,(H,25,29)(H,26,27,28). The van der Waals surface area contributed by atoms with Gasteiger partial charge < -0.3 is 15.4 Å². The van der Waals surface area contributed by atoms with Gasteiger partial charge in [-0.25, -0.2) is 4.98 Å². The smallest absolute Gasteiger partial charge is 0.239 e. The van der Waals surface area contributed by atoms with Gasteiger partial charge in [0.15, 0.2) is 5.13 Å². The Morgan fingerprint density at radius 2 is 1.97 bits per heavy atom. The topological polar surface area (TPSA) is 80.3 Å². The highest BCUT2D eigenvalue weighted by molar-refractivity contribution is 8.00. The molecule has 1 heterocycles. The van der Waals surface area contributed by atoms with Crippen molar-refractivity contribution in [3.63, 3.8) is 0 Å². The number of benzene rings is 2. The fourth-order valence-electron chi connectivity index (χ4n) is 3.05. The Morgan fingerprint density at radius 1 is 1.19 bits per heavy atom. The maximum Gasteiger partial charge on any atom is 0.239 e. The van der Waals surface area contributed by atoms with Crippen LogP contribution < -0.4 is 15.4 Å². The van der Waals surface area contributed by atoms with Crippen LogP contribution in [-0.4, -0.2) is 28.7 Å². The molecular formula is C24H25N3O3S2. The van der Waals surface area contributed by atoms with Gasteiger partial charge in [-0.15, -0.1) is 23.1 Å². The van der Waals surface area contributed by atoms with E-state index in [-0.39, 0.29) is 23.0 Å². The number of hydrogen-bond acceptors (Lipinski definition) is 6. The van der Waals surface area contributed by atoms with Crippen molar-refractivity contribution >= 4 is 45.7 Å². The number of hydrogen-bond donors (Lipinski definition) is 2. The van der Waals surface area contributed by atoms with Gasteiger partial charge in [-0.3, -0.25) is 9.59 Å². The molecule has 8 heteroatoms. The maximum absolute atomic E-state index is 12.7. The molecule has 2 amide bonds. The Hall–Kier alpha value is -2.84. The lowest BCUT2D eigenvalue weighted by Gasteiger charge is -2.12. The number of ether oxygens (including phenoxy) is 1. The molecule has 32 heavy (non-hydrogen) atoms. The third-order valence-electron chi connectivity index (χ3n) is 4.93. The first-order valence-corrected chi connectivity index (χ1v) is 12.3. The third kappa shape index (κ3) is 5.89. The Labute approximate surface area is 195 Å². The summed E-state index contributed by atoms with van der Waals surface area (Å²) in [5.74, 6) is 0.934. The summed E-state index contributed by atoms with van der Waals surface area (Å²) in [6.45, 7) is 4.44. The highest BCUT2D eigenvalue weighted by Gasteiger charge is 2.29. The molecule has 1 aliphatic rings. The molecule has 1 fully saturated rings. The predicted octanol–water partition coefficient (Wildman–Crippen LogP) is 5.68. The second-order valence-corrected chi connectivity index (χ2v) is 9.81. The van der Waals surface area contributed by atoms with Crippen LogP contribution >= 0.6 is 23.1 Å². The first kappa shape index (κ1) is 22.4. The van der Waals surface area contributed by atoms with Gasteiger partial charge in [-0.05, 0) is 69.2 Å². The van der Waals surface area contributed by atoms with E-state index in [0.29, 0.717) is 11.7 Å². The van der Waals surface area contributed by atoms with Crippen molar-refractivity contribution in [2.24, 2.45) is 5.92 Å². The number of thioether (sulfide) groups is 1. The van der Waals surface area contributed by atoms with E-state index in [1.807, 2.05) is 67.8 Å². The molecule has 0 saturated heterocycles. The van der Waals surface area contributed by atoms with E-state index in [1.54, 1.807) is 0 Å². The molecule has 1 saturated carbocycles. The quantitative estimate of drug-likeness (QED) is 0.396. The van der Waals surface area contributed by atoms with E-state index < -0.39 is 0 Å². The van der Waals surface area contributed by atoms with Crippen LogP contribution in [0.4, 0.5) is 10.8 Å². The van der Waals surface area contributed by atoms with Crippen molar-refractivity contribution in [1.82, 2.24) is 4.98 Å². The number of thiazole rings is 1. The van der Waals surface area contributed by atoms with Crippen molar-refractivity contribution < 1.29 is 14.3 Å². The monoisotopic (exact) mass is 467 g/mol. The van der Waals surface area contributed by atoms with Crippen molar-refractivity contribution in [2.45, 2.75) is 36.8 Å². The van der Waals surface area contributed by atoms with Crippen LogP contribution in [0.1, 0.15) is 26.7 Å². The van der Waals surface area contributed by atoms with Crippen molar-refractivity contribution in [2.75, 3.05) is 17.2 Å². The second kappa shape index (κ2) is 10.2. The zero-order valence-corrected chi connectivity index (χ0v) is 19.6. The van der Waals surface area contributed by atoms with E-state index in [1.165, 1.54) is 23.1 Å². The van der Waals surface area contributed by atoms with E-state index in [9.17, 15) is 9.59 Å². The second-order valence-electron chi connectivity index (χ2n) is 7.54. The van der Waals surface area contributed by atoms with Gasteiger partial charge in [0, 0.05) is 27.4 Å². The zero-order chi connectivity index (χ0) is 22.5. The number of amides is 2. The summed E-state index contributed by atoms with van der Waals surface area (Å²) in [7, 11) is 0. The molecule has 0 bridgehead atoms. The Morgan fingerprint density at radius 3 is 2.69 bits per heavy atom. The summed E-state index contributed by atoms with van der Waals surface area (Å²) in [4.78, 5) is 30.1. The Balaban J connectivity index is 1.33. The summed E-state index contributed by atoms with van der Waals surface area (Å²) in [5.41, 5.74) is 2.55. The molecule has 1 atom stereocenters. The average Bonchev–Trinajstić information content (AvgIpc) is 3.54. The molecule has 166 valence electrons. The van der Waals surface area contributed by atoms with Crippen molar-refractivity contribution in [3.8, 4) is 17.0 Å². The highest BCUT2D eigenvalue weighted by Crippen LogP contribution is 2.32. The Bertz CT molecular complexity index is 1090. The molecule has 1 unspecified atom stereocenters. The normalized spacial score (nSPS) is 13.9. The lowest BCUT2D eigenvalue weighted by molar-refractivity contribution is -0.117. The van der Waals surface area contributed by atoms with Gasteiger partial charge in [0.1, 0.15) is 5.75 Å². The van der Waals surface area contributed by atoms with Gasteiger partial charge >= 0.3 is 0 Å². The van der Waals surface area contributed by atoms with Crippen molar-refractivity contribution in [1.29, 1.82) is 0 Å². The van der Waals surface area contributed by atoms with Crippen LogP contribution in [0.5, 0.6) is 5.75 Å². The number of nitrogens with one attached hydrogen (secondary N) is 2. The molecule has 1 aliphatic carbocycles. The van der Waals surface area contributed by atoms with E-state index in [0.717, 1.165) is 40.4 Å². The minimum absolute atomic E-state index is 0.0741. The fourth-order valence-corrected chi connectivity index (χ4v) is 4.70. The van der Waals surface area contributed by atoms with E-state index in [2.05, 4.69) is 15.6 Å². The van der Waals surface area contributed by atoms with Gasteiger partial charge in [0.05, 0.1) is 17.6 Å². The van der Waals surface area contributed by atoms with Crippen molar-refractivity contribution in [3.05, 3.63) is 53.9 Å². The number of carbonyl (C=O) groups excluding carboxylic acids is 2. The molecule has 2 aromatic carbocycles. The summed E-state index contributed by atoms with van der Waals surface area (Å²) >= 11 is 2.84. The number of rotatable bonds is 9.